The van der Waals surface area contributed by atoms with E-state index in [4.69, 9.17) is 9.47 Å². The van der Waals surface area contributed by atoms with Crippen molar-refractivity contribution < 1.29 is 33.8 Å². The fraction of sp³-hybridized carbons (Fsp3) is 0.244. The number of amides is 2. The van der Waals surface area contributed by atoms with Crippen LogP contribution < -0.4 is 15.9 Å². The van der Waals surface area contributed by atoms with Crippen LogP contribution in [0, 0.1) is 5.92 Å². The quantitative estimate of drug-likeness (QED) is 0.0776. The SMILES string of the molecule is C=CCC(=O)OC(N1C(=O)C(C(C)O)C1CC(=O)c1cccc(C(=O)N2CCOCC2)c1)=P(c1ccccc1)(c1ccccc1)c1ccccc1. The van der Waals surface area contributed by atoms with Crippen LogP contribution in [0.3, 0.4) is 0 Å². The Morgan fingerprint density at radius 2 is 1.39 bits per heavy atom. The van der Waals surface area contributed by atoms with Gasteiger partial charge in [0.2, 0.25) is 11.5 Å². The van der Waals surface area contributed by atoms with E-state index in [1.165, 1.54) is 17.9 Å². The number of rotatable bonds is 12. The van der Waals surface area contributed by atoms with Crippen molar-refractivity contribution in [3.8, 4) is 0 Å². The minimum absolute atomic E-state index is 0.114. The third kappa shape index (κ3) is 7.10. The molecule has 9 nitrogen and oxygen atoms in total. The van der Waals surface area contributed by atoms with Crippen molar-refractivity contribution in [2.24, 2.45) is 5.92 Å². The topological polar surface area (TPSA) is 113 Å². The molecule has 2 heterocycles. The van der Waals surface area contributed by atoms with E-state index in [9.17, 15) is 24.3 Å². The summed E-state index contributed by atoms with van der Waals surface area (Å²) >= 11 is 0. The van der Waals surface area contributed by atoms with Crippen LogP contribution in [0.15, 0.2) is 128 Å². The van der Waals surface area contributed by atoms with Crippen molar-refractivity contribution >= 4 is 52.0 Å². The number of morpholine rings is 1. The molecule has 0 bridgehead atoms. The molecule has 0 spiro atoms. The number of ketones is 1. The molecule has 1 N–H and O–H groups in total. The molecule has 3 atom stereocenters. The number of benzene rings is 4. The summed E-state index contributed by atoms with van der Waals surface area (Å²) in [7, 11) is 0. The molecule has 2 fully saturated rings. The second kappa shape index (κ2) is 15.9. The van der Waals surface area contributed by atoms with Gasteiger partial charge in [0.05, 0.1) is 37.7 Å². The summed E-state index contributed by atoms with van der Waals surface area (Å²) in [5.41, 5.74) is 0.802. The number of hydrogen-bond acceptors (Lipinski definition) is 7. The molecule has 4 aromatic rings. The predicted octanol–water partition coefficient (Wildman–Crippen LogP) is 4.14. The monoisotopic (exact) mass is 704 g/mol. The molecule has 4 aromatic carbocycles. The summed E-state index contributed by atoms with van der Waals surface area (Å²) < 4.78 is 11.8. The van der Waals surface area contributed by atoms with E-state index in [2.05, 4.69) is 6.58 Å². The number of carbonyl (C=O) groups excluding carboxylic acids is 4. The molecule has 51 heavy (non-hydrogen) atoms. The Hall–Kier alpha value is -5.08. The maximum atomic E-state index is 14.4. The zero-order valence-corrected chi connectivity index (χ0v) is 29.4. The Morgan fingerprint density at radius 1 is 0.863 bits per heavy atom. The standard InChI is InChI=1S/C41H41N2O7P/c1-3-14-37(46)50-41(51(32-17-7-4-8-18-32,33-19-9-5-10-20-33)34-21-11-6-12-22-34)43-35(38(29(2)44)40(43)48)28-36(45)30-15-13-16-31(27-30)39(47)42-23-25-49-26-24-42/h3-13,15-22,27,29,35,38,44H,1,14,23-26,28H2,2H3. The second-order valence-electron chi connectivity index (χ2n) is 12.6. The average molecular weight is 705 g/mol. The second-order valence-corrected chi connectivity index (χ2v) is 15.9. The van der Waals surface area contributed by atoms with E-state index in [1.807, 2.05) is 91.0 Å². The van der Waals surface area contributed by atoms with Crippen LogP contribution >= 0.6 is 6.89 Å². The number of nitrogens with zero attached hydrogens (tertiary/aromatic N) is 2. The number of hydrogen-bond donors (Lipinski definition) is 1. The first kappa shape index (κ1) is 35.7. The third-order valence-corrected chi connectivity index (χ3v) is 13.5. The molecule has 2 aliphatic rings. The Balaban J connectivity index is 1.53. The van der Waals surface area contributed by atoms with E-state index in [-0.39, 0.29) is 30.1 Å². The third-order valence-electron chi connectivity index (χ3n) is 9.35. The predicted molar refractivity (Wildman–Crippen MR) is 199 cm³/mol. The number of ether oxygens (including phenoxy) is 2. The van der Waals surface area contributed by atoms with Crippen LogP contribution in [0.5, 0.6) is 0 Å². The van der Waals surface area contributed by atoms with Gasteiger partial charge in [-0.2, -0.15) is 0 Å². The first-order valence-corrected chi connectivity index (χ1v) is 18.8. The number of aliphatic hydroxyl groups is 1. The van der Waals surface area contributed by atoms with Crippen molar-refractivity contribution in [1.82, 2.24) is 9.80 Å². The number of esters is 1. The molecule has 2 aliphatic heterocycles. The Morgan fingerprint density at radius 3 is 1.90 bits per heavy atom. The highest BCUT2D eigenvalue weighted by atomic mass is 31.2. The maximum Gasteiger partial charge on any atom is 0.316 e. The highest BCUT2D eigenvalue weighted by molar-refractivity contribution is 7.95. The first-order chi connectivity index (χ1) is 24.8. The van der Waals surface area contributed by atoms with Crippen LogP contribution in [-0.4, -0.2) is 82.5 Å². The van der Waals surface area contributed by atoms with Gasteiger partial charge in [0.25, 0.3) is 5.91 Å². The van der Waals surface area contributed by atoms with Crippen LogP contribution in [0.4, 0.5) is 0 Å². The van der Waals surface area contributed by atoms with Gasteiger partial charge in [-0.1, -0.05) is 109 Å². The van der Waals surface area contributed by atoms with Crippen LogP contribution in [-0.2, 0) is 19.1 Å². The van der Waals surface area contributed by atoms with E-state index in [0.717, 1.165) is 15.9 Å². The van der Waals surface area contributed by atoms with Gasteiger partial charge in [0.15, 0.2) is 5.78 Å². The lowest BCUT2D eigenvalue weighted by Crippen LogP contribution is -2.67. The fourth-order valence-corrected chi connectivity index (χ4v) is 11.1. The van der Waals surface area contributed by atoms with Gasteiger partial charge in [0, 0.05) is 37.5 Å². The van der Waals surface area contributed by atoms with Crippen LogP contribution in [0.25, 0.3) is 0 Å². The zero-order chi connectivity index (χ0) is 36.0. The van der Waals surface area contributed by atoms with Crippen LogP contribution in [0.2, 0.25) is 0 Å². The Labute approximate surface area is 298 Å². The van der Waals surface area contributed by atoms with Crippen molar-refractivity contribution in [2.75, 3.05) is 26.3 Å². The highest BCUT2D eigenvalue weighted by Crippen LogP contribution is 2.50. The molecule has 6 rings (SSSR count). The first-order valence-electron chi connectivity index (χ1n) is 17.0. The summed E-state index contributed by atoms with van der Waals surface area (Å²) in [5, 5.41) is 13.4. The minimum atomic E-state index is -3.15. The van der Waals surface area contributed by atoms with E-state index in [1.54, 1.807) is 29.2 Å². The van der Waals surface area contributed by atoms with Crippen molar-refractivity contribution in [3.05, 3.63) is 139 Å². The molecule has 0 radical (unpaired) electrons. The number of β-lactam (4-membered cyclic amide) rings is 1. The molecule has 262 valence electrons. The molecule has 10 heteroatoms. The largest absolute Gasteiger partial charge is 0.408 e. The molecule has 2 amide bonds. The van der Waals surface area contributed by atoms with E-state index < -0.39 is 36.8 Å². The fourth-order valence-electron chi connectivity index (χ4n) is 6.91. The molecular weight excluding hydrogens is 663 g/mol. The molecule has 0 aliphatic carbocycles. The van der Waals surface area contributed by atoms with E-state index in [0.29, 0.717) is 37.4 Å². The maximum absolute atomic E-state index is 14.4. The highest BCUT2D eigenvalue weighted by Gasteiger charge is 2.55. The van der Waals surface area contributed by atoms with Gasteiger partial charge in [-0.25, -0.2) is 0 Å². The lowest BCUT2D eigenvalue weighted by Gasteiger charge is -2.50. The molecular formula is C41H41N2O7P. The molecule has 2 saturated heterocycles. The van der Waals surface area contributed by atoms with Crippen molar-refractivity contribution in [3.63, 3.8) is 0 Å². The number of Topliss-reactive ketones (excluding diaryl/α,β-unsaturated/α-hetero) is 1. The van der Waals surface area contributed by atoms with Gasteiger partial charge < -0.3 is 19.5 Å². The smallest absolute Gasteiger partial charge is 0.316 e. The summed E-state index contributed by atoms with van der Waals surface area (Å²) in [5.74, 6) is -2.51. The van der Waals surface area contributed by atoms with Gasteiger partial charge in [-0.3, -0.25) is 24.1 Å². The van der Waals surface area contributed by atoms with Crippen molar-refractivity contribution in [2.45, 2.75) is 31.9 Å². The molecule has 3 unspecified atom stereocenters. The Kier molecular flexibility index (Phi) is 11.1. The van der Waals surface area contributed by atoms with Gasteiger partial charge in [-0.05, 0) is 35.0 Å². The molecule has 0 saturated carbocycles. The lowest BCUT2D eigenvalue weighted by atomic mass is 9.80. The minimum Gasteiger partial charge on any atom is -0.408 e. The number of likely N-dealkylation sites (tertiary alicyclic amines) is 1. The van der Waals surface area contributed by atoms with Crippen LogP contribution in [0.1, 0.15) is 40.5 Å². The van der Waals surface area contributed by atoms with Gasteiger partial charge in [0.1, 0.15) is 0 Å². The van der Waals surface area contributed by atoms with Crippen molar-refractivity contribution in [1.29, 1.82) is 0 Å². The average Bonchev–Trinajstić information content (AvgIpc) is 3.16. The summed E-state index contributed by atoms with van der Waals surface area (Å²) in [6, 6.07) is 34.6. The lowest BCUT2D eigenvalue weighted by molar-refractivity contribution is -0.157. The normalized spacial score (nSPS) is 18.0. The summed E-state index contributed by atoms with van der Waals surface area (Å²) in [6.45, 7) is 3.91. The van der Waals surface area contributed by atoms with Gasteiger partial charge >= 0.3 is 5.97 Å². The van der Waals surface area contributed by atoms with E-state index >= 15 is 0 Å². The van der Waals surface area contributed by atoms with Gasteiger partial charge in [-0.15, -0.1) is 6.58 Å². The number of carbonyl (C=O) groups is 4. The molecule has 0 aromatic heterocycles. The summed E-state index contributed by atoms with van der Waals surface area (Å²) in [6.07, 6.45) is 0.0502. The number of aliphatic hydroxyl groups excluding tert-OH is 1. The summed E-state index contributed by atoms with van der Waals surface area (Å²) in [4.78, 5) is 58.4. The Bertz CT molecular complexity index is 1850. The zero-order valence-electron chi connectivity index (χ0n) is 28.5.